The summed E-state index contributed by atoms with van der Waals surface area (Å²) in [6.45, 7) is 2.52. The first-order valence-corrected chi connectivity index (χ1v) is 26.5. The normalized spacial score (nSPS) is 14.2. The minimum absolute atomic E-state index is 0.138. The van der Waals surface area contributed by atoms with Gasteiger partial charge in [-0.05, 0) is 89.9 Å². The molecule has 368 valence electrons. The summed E-state index contributed by atoms with van der Waals surface area (Å²) in [5.41, 5.74) is 0. The van der Waals surface area contributed by atoms with Crippen molar-refractivity contribution in [1.82, 2.24) is 5.32 Å². The van der Waals surface area contributed by atoms with E-state index in [0.29, 0.717) is 12.8 Å². The van der Waals surface area contributed by atoms with Gasteiger partial charge < -0.3 is 25.2 Å². The number of aliphatic carboxylic acids is 1. The second kappa shape index (κ2) is 46.4. The Kier molecular flexibility index (Phi) is 44.2. The number of unbranched alkanes of at least 4 members (excludes halogenated alkanes) is 20. The predicted octanol–water partition coefficient (Wildman–Crippen LogP) is 13.7. The van der Waals surface area contributed by atoms with Crippen LogP contribution in [0.15, 0.2) is 72.9 Å². The summed E-state index contributed by atoms with van der Waals surface area (Å²) in [7, 11) is -4.77. The van der Waals surface area contributed by atoms with Gasteiger partial charge in [0.2, 0.25) is 5.91 Å². The number of carboxylic acid groups (broad SMARTS) is 1. The van der Waals surface area contributed by atoms with E-state index in [4.69, 9.17) is 13.8 Å². The lowest BCUT2D eigenvalue weighted by molar-refractivity contribution is -0.147. The molecule has 0 spiro atoms. The van der Waals surface area contributed by atoms with E-state index in [1.165, 1.54) is 96.3 Å². The van der Waals surface area contributed by atoms with Gasteiger partial charge in [-0.2, -0.15) is 0 Å². The van der Waals surface area contributed by atoms with Gasteiger partial charge in [-0.1, -0.05) is 177 Å². The molecule has 3 atom stereocenters. The molecule has 0 heterocycles. The fourth-order valence-electron chi connectivity index (χ4n) is 6.56. The van der Waals surface area contributed by atoms with Crippen LogP contribution in [0.4, 0.5) is 0 Å². The Bertz CT molecular complexity index is 1360. The van der Waals surface area contributed by atoms with Crippen molar-refractivity contribution in [2.24, 2.45) is 0 Å². The van der Waals surface area contributed by atoms with Crippen molar-refractivity contribution in [3.63, 3.8) is 0 Å². The van der Waals surface area contributed by atoms with Crippen molar-refractivity contribution >= 4 is 25.7 Å². The summed E-state index contributed by atoms with van der Waals surface area (Å²) in [6, 6.07) is -1.56. The van der Waals surface area contributed by atoms with Crippen LogP contribution in [0.1, 0.15) is 206 Å². The largest absolute Gasteiger partial charge is 0.480 e. The number of rotatable bonds is 46. The van der Waals surface area contributed by atoms with Crippen LogP contribution in [0, 0.1) is 0 Å². The van der Waals surface area contributed by atoms with E-state index in [1.807, 2.05) is 0 Å². The van der Waals surface area contributed by atoms with E-state index in [9.17, 15) is 34.1 Å². The molecule has 12 heteroatoms. The summed E-state index contributed by atoms with van der Waals surface area (Å²) in [5, 5.41) is 21.9. The highest BCUT2D eigenvalue weighted by Crippen LogP contribution is 2.43. The molecule has 0 aromatic carbocycles. The number of aliphatic hydroxyl groups is 1. The molecule has 0 radical (unpaired) electrons. The fraction of sp³-hybridized carbons (Fsp3) is 0.712. The third-order valence-electron chi connectivity index (χ3n) is 10.5. The third-order valence-corrected chi connectivity index (χ3v) is 11.4. The average molecular weight is 920 g/mol. The van der Waals surface area contributed by atoms with Crippen LogP contribution in [0.25, 0.3) is 0 Å². The van der Waals surface area contributed by atoms with Crippen molar-refractivity contribution in [2.45, 2.75) is 219 Å². The van der Waals surface area contributed by atoms with Crippen molar-refractivity contribution in [2.75, 3.05) is 19.8 Å². The SMILES string of the molecule is CCCCC/C=C\C/C=C\C/C=C\C/C=C\CCCCCC(=O)OCC(O)COP(=O)(O)OCC(NC(=O)CCCCCCCCCCCCC/C=C\C/C=C\CCCCC)C(=O)O. The number of phosphoric ester groups is 1. The van der Waals surface area contributed by atoms with Crippen molar-refractivity contribution in [3.8, 4) is 0 Å². The number of aliphatic hydroxyl groups excluding tert-OH is 1. The number of carbonyl (C=O) groups is 3. The highest BCUT2D eigenvalue weighted by Gasteiger charge is 2.28. The molecule has 0 saturated carbocycles. The number of nitrogens with one attached hydrogen (secondary N) is 1. The zero-order valence-corrected chi connectivity index (χ0v) is 41.0. The van der Waals surface area contributed by atoms with E-state index < -0.39 is 57.6 Å². The maximum absolute atomic E-state index is 12.4. The quantitative estimate of drug-likeness (QED) is 0.0200. The summed E-state index contributed by atoms with van der Waals surface area (Å²) in [6.07, 6.45) is 56.3. The van der Waals surface area contributed by atoms with Crippen molar-refractivity contribution in [3.05, 3.63) is 72.9 Å². The van der Waals surface area contributed by atoms with E-state index in [-0.39, 0.29) is 12.8 Å². The third kappa shape index (κ3) is 45.5. The van der Waals surface area contributed by atoms with Gasteiger partial charge in [0.15, 0.2) is 6.04 Å². The van der Waals surface area contributed by atoms with Crippen LogP contribution in [-0.2, 0) is 32.7 Å². The second-order valence-corrected chi connectivity index (χ2v) is 18.1. The van der Waals surface area contributed by atoms with E-state index in [0.717, 1.165) is 70.6 Å². The van der Waals surface area contributed by atoms with Crippen LogP contribution in [-0.4, -0.2) is 64.9 Å². The fourth-order valence-corrected chi connectivity index (χ4v) is 7.34. The number of carboxylic acids is 1. The van der Waals surface area contributed by atoms with Gasteiger partial charge in [-0.25, -0.2) is 9.36 Å². The lowest BCUT2D eigenvalue weighted by Gasteiger charge is -2.18. The highest BCUT2D eigenvalue weighted by atomic mass is 31.2. The number of phosphoric acid groups is 1. The molecule has 0 aliphatic carbocycles. The van der Waals surface area contributed by atoms with Crippen LogP contribution in [0.2, 0.25) is 0 Å². The summed E-state index contributed by atoms with van der Waals surface area (Å²) >= 11 is 0. The first-order valence-electron chi connectivity index (χ1n) is 25.0. The average Bonchev–Trinajstić information content (AvgIpc) is 3.27. The molecule has 0 aromatic heterocycles. The Hall–Kier alpha value is -3.08. The Morgan fingerprint density at radius 3 is 1.30 bits per heavy atom. The predicted molar refractivity (Wildman–Crippen MR) is 263 cm³/mol. The molecule has 0 aliphatic rings. The molecule has 0 saturated heterocycles. The Balaban J connectivity index is 3.90. The Labute approximate surface area is 389 Å². The highest BCUT2D eigenvalue weighted by molar-refractivity contribution is 7.47. The summed E-state index contributed by atoms with van der Waals surface area (Å²) < 4.78 is 26.9. The summed E-state index contributed by atoms with van der Waals surface area (Å²) in [5.74, 6) is -2.41. The molecule has 0 aromatic rings. The molecule has 11 nitrogen and oxygen atoms in total. The monoisotopic (exact) mass is 920 g/mol. The standard InChI is InChI=1S/C52H90NO10P/c1-3-5-7-9-11-13-15-17-19-21-23-24-26-27-29-31-33-35-37-39-41-43-50(55)53-49(52(57)58)47-63-64(59,60)62-46-48(54)45-61-51(56)44-42-40-38-36-34-32-30-28-25-22-20-18-16-14-12-10-8-6-4-2/h11-14,17-20,25,28,32,34,48-49,54H,3-10,15-16,21-24,26-27,29-31,33,35-47H2,1-2H3,(H,53,55)(H,57,58)(H,59,60)/b13-11-,14-12-,19-17-,20-18-,28-25-,34-32-. The molecule has 64 heavy (non-hydrogen) atoms. The van der Waals surface area contributed by atoms with Gasteiger partial charge in [-0.3, -0.25) is 18.6 Å². The topological polar surface area (TPSA) is 169 Å². The van der Waals surface area contributed by atoms with Crippen LogP contribution < -0.4 is 5.32 Å². The molecule has 4 N–H and O–H groups in total. The van der Waals surface area contributed by atoms with Crippen LogP contribution in [0.3, 0.4) is 0 Å². The number of esters is 1. The minimum Gasteiger partial charge on any atom is -0.480 e. The minimum atomic E-state index is -4.77. The van der Waals surface area contributed by atoms with Gasteiger partial charge in [-0.15, -0.1) is 0 Å². The number of hydrogen-bond acceptors (Lipinski definition) is 8. The number of allylic oxidation sites excluding steroid dienone is 12. The molecule has 0 fully saturated rings. The second-order valence-electron chi connectivity index (χ2n) is 16.6. The van der Waals surface area contributed by atoms with Gasteiger partial charge >= 0.3 is 19.8 Å². The first kappa shape index (κ1) is 60.9. The summed E-state index contributed by atoms with van der Waals surface area (Å²) in [4.78, 5) is 46.1. The van der Waals surface area contributed by atoms with Gasteiger partial charge in [0.25, 0.3) is 0 Å². The van der Waals surface area contributed by atoms with Crippen LogP contribution in [0.5, 0.6) is 0 Å². The number of hydrogen-bond donors (Lipinski definition) is 4. The molecule has 3 unspecified atom stereocenters. The van der Waals surface area contributed by atoms with E-state index in [2.05, 4.69) is 92.1 Å². The van der Waals surface area contributed by atoms with Gasteiger partial charge in [0.1, 0.15) is 12.7 Å². The smallest absolute Gasteiger partial charge is 0.472 e. The van der Waals surface area contributed by atoms with Crippen molar-refractivity contribution in [1.29, 1.82) is 0 Å². The maximum Gasteiger partial charge on any atom is 0.472 e. The number of amides is 1. The molecular formula is C52H90NO10P. The zero-order chi connectivity index (χ0) is 47.0. The van der Waals surface area contributed by atoms with Crippen LogP contribution >= 0.6 is 7.82 Å². The molecule has 0 rings (SSSR count). The van der Waals surface area contributed by atoms with E-state index in [1.54, 1.807) is 0 Å². The maximum atomic E-state index is 12.4. The van der Waals surface area contributed by atoms with Crippen molar-refractivity contribution < 1.29 is 47.8 Å². The van der Waals surface area contributed by atoms with Gasteiger partial charge in [0, 0.05) is 12.8 Å². The Morgan fingerprint density at radius 2 is 0.859 bits per heavy atom. The molecular weight excluding hydrogens is 830 g/mol. The zero-order valence-electron chi connectivity index (χ0n) is 40.1. The lowest BCUT2D eigenvalue weighted by Crippen LogP contribution is -2.43. The number of ether oxygens (including phenoxy) is 1. The Morgan fingerprint density at radius 1 is 0.500 bits per heavy atom. The van der Waals surface area contributed by atoms with Gasteiger partial charge in [0.05, 0.1) is 13.2 Å². The van der Waals surface area contributed by atoms with E-state index >= 15 is 0 Å². The first-order chi connectivity index (χ1) is 31.1. The molecule has 1 amide bonds. The number of carbonyl (C=O) groups excluding carboxylic acids is 2. The molecule has 0 bridgehead atoms. The lowest BCUT2D eigenvalue weighted by atomic mass is 10.0. The molecule has 0 aliphatic heterocycles.